The predicted octanol–water partition coefficient (Wildman–Crippen LogP) is 2.99. The molecule has 132 valence electrons. The number of carbonyl (C=O) groups is 1. The molecule has 0 atom stereocenters. The molecule has 0 aromatic carbocycles. The number of nitrogens with one attached hydrogen (secondary N) is 1. The summed E-state index contributed by atoms with van der Waals surface area (Å²) in [5.74, 6) is 1.72. The van der Waals surface area contributed by atoms with Gasteiger partial charge in [0, 0.05) is 23.9 Å². The van der Waals surface area contributed by atoms with Gasteiger partial charge in [0.15, 0.2) is 5.82 Å². The highest BCUT2D eigenvalue weighted by atomic mass is 32.1. The maximum absolute atomic E-state index is 12.6. The van der Waals surface area contributed by atoms with Crippen molar-refractivity contribution in [3.05, 3.63) is 46.4 Å². The first kappa shape index (κ1) is 17.2. The number of urea groups is 1. The van der Waals surface area contributed by atoms with Gasteiger partial charge in [-0.1, -0.05) is 18.1 Å². The Bertz CT molecular complexity index is 810. The van der Waals surface area contributed by atoms with E-state index in [1.54, 1.807) is 33.2 Å². The van der Waals surface area contributed by atoms with E-state index >= 15 is 0 Å². The molecule has 3 rings (SSSR count). The van der Waals surface area contributed by atoms with E-state index in [1.807, 2.05) is 31.4 Å². The van der Waals surface area contributed by atoms with Gasteiger partial charge in [-0.3, -0.25) is 5.32 Å². The molecule has 25 heavy (non-hydrogen) atoms. The molecule has 3 aromatic heterocycles. The number of thiophene rings is 1. The van der Waals surface area contributed by atoms with E-state index in [2.05, 4.69) is 20.6 Å². The fraction of sp³-hybridized carbons (Fsp3) is 0.375. The van der Waals surface area contributed by atoms with E-state index in [-0.39, 0.29) is 12.6 Å². The van der Waals surface area contributed by atoms with Crippen molar-refractivity contribution in [3.63, 3.8) is 0 Å². The van der Waals surface area contributed by atoms with Crippen molar-refractivity contribution in [2.45, 2.75) is 33.4 Å². The number of aromatic nitrogens is 4. The molecular weight excluding hydrogens is 340 g/mol. The van der Waals surface area contributed by atoms with Crippen LogP contribution in [0.15, 0.2) is 34.3 Å². The summed E-state index contributed by atoms with van der Waals surface area (Å²) in [6, 6.07) is 5.58. The number of anilines is 1. The monoisotopic (exact) mass is 360 g/mol. The lowest BCUT2D eigenvalue weighted by Crippen LogP contribution is -2.35. The topological polar surface area (TPSA) is 89.1 Å². The Morgan fingerprint density at radius 3 is 2.96 bits per heavy atom. The number of aryl methyl sites for hydroxylation is 1. The molecule has 0 radical (unpaired) electrons. The first-order valence-electron chi connectivity index (χ1n) is 8.11. The van der Waals surface area contributed by atoms with Gasteiger partial charge in [0.05, 0.1) is 12.7 Å². The van der Waals surface area contributed by atoms with Crippen molar-refractivity contribution >= 4 is 23.2 Å². The van der Waals surface area contributed by atoms with Crippen molar-refractivity contribution < 1.29 is 9.32 Å². The van der Waals surface area contributed by atoms with Gasteiger partial charge in [-0.2, -0.15) is 10.1 Å². The molecular formula is C16H20N6O2S. The predicted molar refractivity (Wildman–Crippen MR) is 94.4 cm³/mol. The second kappa shape index (κ2) is 7.93. The Hall–Kier alpha value is -2.68. The summed E-state index contributed by atoms with van der Waals surface area (Å²) in [5, 5.41) is 13.0. The summed E-state index contributed by atoms with van der Waals surface area (Å²) >= 11 is 1.65. The van der Waals surface area contributed by atoms with Crippen molar-refractivity contribution in [2.24, 2.45) is 0 Å². The van der Waals surface area contributed by atoms with Gasteiger partial charge in [-0.25, -0.2) is 9.48 Å². The van der Waals surface area contributed by atoms with Gasteiger partial charge < -0.3 is 9.42 Å². The molecule has 0 bridgehead atoms. The fourth-order valence-electron chi connectivity index (χ4n) is 2.29. The smallest absolute Gasteiger partial charge is 0.323 e. The molecule has 0 spiro atoms. The van der Waals surface area contributed by atoms with Crippen LogP contribution >= 0.6 is 11.3 Å². The Balaban J connectivity index is 1.65. The molecule has 8 nitrogen and oxygen atoms in total. The van der Waals surface area contributed by atoms with Gasteiger partial charge in [-0.15, -0.1) is 11.3 Å². The molecule has 1 N–H and O–H groups in total. The zero-order valence-corrected chi connectivity index (χ0v) is 15.0. The van der Waals surface area contributed by atoms with Crippen LogP contribution in [0.3, 0.4) is 0 Å². The highest BCUT2D eigenvalue weighted by molar-refractivity contribution is 7.09. The molecule has 3 heterocycles. The Morgan fingerprint density at radius 2 is 2.28 bits per heavy atom. The van der Waals surface area contributed by atoms with Crippen LogP contribution in [0.4, 0.5) is 10.6 Å². The van der Waals surface area contributed by atoms with Gasteiger partial charge in [-0.05, 0) is 18.4 Å². The molecule has 0 aliphatic rings. The molecule has 0 saturated heterocycles. The third-order valence-electron chi connectivity index (χ3n) is 3.66. The van der Waals surface area contributed by atoms with E-state index in [4.69, 9.17) is 4.52 Å². The van der Waals surface area contributed by atoms with E-state index in [0.717, 1.165) is 0 Å². The van der Waals surface area contributed by atoms with Gasteiger partial charge in [0.1, 0.15) is 12.4 Å². The third kappa shape index (κ3) is 4.24. The van der Waals surface area contributed by atoms with Gasteiger partial charge in [0.2, 0.25) is 5.89 Å². The number of carbonyl (C=O) groups excluding carboxylic acids is 1. The lowest BCUT2D eigenvalue weighted by atomic mass is 10.4. The SMILES string of the molecule is CCc1noc(CN(CC)C(=O)Nc2ccnn2Cc2cccs2)n1. The normalized spacial score (nSPS) is 10.8. The second-order valence-electron chi connectivity index (χ2n) is 5.36. The highest BCUT2D eigenvalue weighted by Gasteiger charge is 2.17. The zero-order chi connectivity index (χ0) is 17.6. The van der Waals surface area contributed by atoms with Crippen LogP contribution in [0.2, 0.25) is 0 Å². The van der Waals surface area contributed by atoms with Crippen LogP contribution in [0.25, 0.3) is 0 Å². The van der Waals surface area contributed by atoms with Crippen LogP contribution in [-0.2, 0) is 19.5 Å². The van der Waals surface area contributed by atoms with E-state index in [1.165, 1.54) is 4.88 Å². The summed E-state index contributed by atoms with van der Waals surface area (Å²) in [6.07, 6.45) is 2.37. The van der Waals surface area contributed by atoms with E-state index in [0.29, 0.717) is 37.0 Å². The van der Waals surface area contributed by atoms with Crippen LogP contribution < -0.4 is 5.32 Å². The number of hydrogen-bond acceptors (Lipinski definition) is 6. The lowest BCUT2D eigenvalue weighted by molar-refractivity contribution is 0.203. The summed E-state index contributed by atoms with van der Waals surface area (Å²) in [7, 11) is 0. The van der Waals surface area contributed by atoms with Crippen molar-refractivity contribution in [2.75, 3.05) is 11.9 Å². The van der Waals surface area contributed by atoms with Crippen LogP contribution in [0.5, 0.6) is 0 Å². The van der Waals surface area contributed by atoms with Crippen molar-refractivity contribution in [1.29, 1.82) is 0 Å². The number of rotatable bonds is 7. The minimum absolute atomic E-state index is 0.230. The Morgan fingerprint density at radius 1 is 1.40 bits per heavy atom. The maximum atomic E-state index is 12.6. The summed E-state index contributed by atoms with van der Waals surface area (Å²) in [6.45, 7) is 5.27. The Kier molecular flexibility index (Phi) is 5.44. The number of hydrogen-bond donors (Lipinski definition) is 1. The average Bonchev–Trinajstić information content (AvgIpc) is 3.36. The second-order valence-corrected chi connectivity index (χ2v) is 6.39. The van der Waals surface area contributed by atoms with E-state index < -0.39 is 0 Å². The summed E-state index contributed by atoms with van der Waals surface area (Å²) in [5.41, 5.74) is 0. The minimum atomic E-state index is -0.230. The molecule has 0 aliphatic heterocycles. The fourth-order valence-corrected chi connectivity index (χ4v) is 2.98. The molecule has 3 aromatic rings. The summed E-state index contributed by atoms with van der Waals surface area (Å²) < 4.78 is 6.93. The highest BCUT2D eigenvalue weighted by Crippen LogP contribution is 2.15. The molecule has 0 fully saturated rings. The van der Waals surface area contributed by atoms with E-state index in [9.17, 15) is 4.79 Å². The molecule has 0 unspecified atom stereocenters. The van der Waals surface area contributed by atoms with Crippen molar-refractivity contribution in [3.8, 4) is 0 Å². The molecule has 2 amide bonds. The first-order valence-corrected chi connectivity index (χ1v) is 8.99. The van der Waals surface area contributed by atoms with Crippen molar-refractivity contribution in [1.82, 2.24) is 24.8 Å². The first-order chi connectivity index (χ1) is 12.2. The lowest BCUT2D eigenvalue weighted by Gasteiger charge is -2.19. The van der Waals surface area contributed by atoms with Crippen LogP contribution in [0, 0.1) is 0 Å². The standard InChI is InChI=1S/C16H20N6O2S/c1-3-13-18-15(24-20-13)11-21(4-2)16(23)19-14-7-8-17-22(14)10-12-6-5-9-25-12/h5-9H,3-4,10-11H2,1-2H3,(H,19,23). The molecule has 0 saturated carbocycles. The van der Waals surface area contributed by atoms with Crippen LogP contribution in [0.1, 0.15) is 30.4 Å². The van der Waals surface area contributed by atoms with Crippen LogP contribution in [-0.4, -0.2) is 37.4 Å². The van der Waals surface area contributed by atoms with Gasteiger partial charge in [0.25, 0.3) is 0 Å². The van der Waals surface area contributed by atoms with Gasteiger partial charge >= 0.3 is 6.03 Å². The molecule has 0 aliphatic carbocycles. The minimum Gasteiger partial charge on any atom is -0.337 e. The zero-order valence-electron chi connectivity index (χ0n) is 14.2. The molecule has 9 heteroatoms. The average molecular weight is 360 g/mol. The number of nitrogens with zero attached hydrogens (tertiary/aromatic N) is 5. The maximum Gasteiger partial charge on any atom is 0.323 e. The third-order valence-corrected chi connectivity index (χ3v) is 4.52. The quantitative estimate of drug-likeness (QED) is 0.700. The number of amides is 2. The summed E-state index contributed by atoms with van der Waals surface area (Å²) in [4.78, 5) is 19.6. The Labute approximate surface area is 149 Å². The largest absolute Gasteiger partial charge is 0.337 e.